The number of esters is 2. The number of allylic oxidation sites excluding steroid dienone is 3. The van der Waals surface area contributed by atoms with Gasteiger partial charge in [0, 0.05) is 16.0 Å². The van der Waals surface area contributed by atoms with Crippen LogP contribution in [0.25, 0.3) is 5.57 Å². The third kappa shape index (κ3) is 3.99. The molecular weight excluding hydrogens is 370 g/mol. The molecule has 1 atom stereocenters. The monoisotopic (exact) mass is 389 g/mol. The molecule has 1 heterocycles. The highest BCUT2D eigenvalue weighted by molar-refractivity contribution is 6.30. The zero-order valence-corrected chi connectivity index (χ0v) is 16.5. The Balaban J connectivity index is 2.93. The van der Waals surface area contributed by atoms with Gasteiger partial charge in [0.2, 0.25) is 6.10 Å². The predicted molar refractivity (Wildman–Crippen MR) is 99.4 cm³/mol. The maximum absolute atomic E-state index is 12.5. The molecule has 1 aromatic carbocycles. The molecule has 1 aliphatic heterocycles. The van der Waals surface area contributed by atoms with Gasteiger partial charge in [-0.2, -0.15) is 5.26 Å². The summed E-state index contributed by atoms with van der Waals surface area (Å²) in [6.07, 6.45) is -1.35. The van der Waals surface area contributed by atoms with Crippen molar-refractivity contribution in [1.82, 2.24) is 0 Å². The van der Waals surface area contributed by atoms with Crippen LogP contribution in [0.5, 0.6) is 0 Å². The first-order valence-corrected chi connectivity index (χ1v) is 8.51. The minimum absolute atomic E-state index is 0.0868. The molecule has 27 heavy (non-hydrogen) atoms. The number of nitriles is 1. The fourth-order valence-corrected chi connectivity index (χ4v) is 2.91. The van der Waals surface area contributed by atoms with Crippen LogP contribution in [0.4, 0.5) is 0 Å². The quantitative estimate of drug-likeness (QED) is 0.733. The summed E-state index contributed by atoms with van der Waals surface area (Å²) >= 11 is 5.97. The molecule has 1 aromatic rings. The number of carbonyl (C=O) groups is 2. The van der Waals surface area contributed by atoms with Crippen LogP contribution >= 0.6 is 11.6 Å². The Bertz CT molecular complexity index is 869. The van der Waals surface area contributed by atoms with Crippen LogP contribution in [-0.4, -0.2) is 32.3 Å². The number of benzene rings is 1. The van der Waals surface area contributed by atoms with Crippen LogP contribution in [0.15, 0.2) is 41.2 Å². The van der Waals surface area contributed by atoms with Crippen LogP contribution in [-0.2, 0) is 23.8 Å². The van der Waals surface area contributed by atoms with Crippen LogP contribution < -0.4 is 0 Å². The van der Waals surface area contributed by atoms with Gasteiger partial charge < -0.3 is 14.2 Å². The minimum Gasteiger partial charge on any atom is -0.476 e. The third-order valence-corrected chi connectivity index (χ3v) is 4.24. The molecule has 0 spiro atoms. The van der Waals surface area contributed by atoms with E-state index in [1.165, 1.54) is 14.2 Å². The highest BCUT2D eigenvalue weighted by atomic mass is 35.5. The van der Waals surface area contributed by atoms with Gasteiger partial charge in [-0.05, 0) is 17.7 Å². The summed E-state index contributed by atoms with van der Waals surface area (Å²) in [5.74, 6) is -1.25. The molecule has 0 saturated heterocycles. The van der Waals surface area contributed by atoms with Gasteiger partial charge in [0.15, 0.2) is 0 Å². The van der Waals surface area contributed by atoms with Crippen molar-refractivity contribution in [2.75, 3.05) is 14.2 Å². The summed E-state index contributed by atoms with van der Waals surface area (Å²) in [5.41, 5.74) is 0.279. The van der Waals surface area contributed by atoms with E-state index in [1.54, 1.807) is 24.3 Å². The van der Waals surface area contributed by atoms with Crippen LogP contribution in [0, 0.1) is 16.7 Å². The fourth-order valence-electron chi connectivity index (χ4n) is 2.78. The maximum Gasteiger partial charge on any atom is 0.352 e. The Kier molecular flexibility index (Phi) is 5.97. The van der Waals surface area contributed by atoms with E-state index in [1.807, 2.05) is 20.8 Å². The molecule has 7 heteroatoms. The highest BCUT2D eigenvalue weighted by Gasteiger charge is 2.43. The maximum atomic E-state index is 12.5. The molecule has 2 rings (SSSR count). The molecule has 0 N–H and O–H groups in total. The Morgan fingerprint density at radius 2 is 1.74 bits per heavy atom. The topological polar surface area (TPSA) is 85.6 Å². The summed E-state index contributed by atoms with van der Waals surface area (Å²) in [7, 11) is 2.39. The summed E-state index contributed by atoms with van der Waals surface area (Å²) in [6.45, 7) is 5.53. The molecular formula is C20H20ClNO5. The Hall–Kier alpha value is -2.78. The first-order chi connectivity index (χ1) is 12.6. The van der Waals surface area contributed by atoms with Gasteiger partial charge in [0.05, 0.1) is 25.4 Å². The van der Waals surface area contributed by atoms with E-state index in [4.69, 9.17) is 25.8 Å². The lowest BCUT2D eigenvalue weighted by atomic mass is 9.81. The number of ether oxygens (including phenoxy) is 3. The van der Waals surface area contributed by atoms with E-state index in [-0.39, 0.29) is 22.5 Å². The summed E-state index contributed by atoms with van der Waals surface area (Å²) in [6, 6.07) is 8.71. The van der Waals surface area contributed by atoms with Crippen LogP contribution in [0.2, 0.25) is 5.02 Å². The van der Waals surface area contributed by atoms with E-state index in [9.17, 15) is 14.9 Å². The van der Waals surface area contributed by atoms with E-state index >= 15 is 0 Å². The number of hydrogen-bond acceptors (Lipinski definition) is 6. The second-order valence-electron chi connectivity index (χ2n) is 6.87. The summed E-state index contributed by atoms with van der Waals surface area (Å²) in [4.78, 5) is 24.9. The molecule has 0 fully saturated rings. The number of rotatable bonds is 3. The minimum atomic E-state index is -1.35. The van der Waals surface area contributed by atoms with Crippen molar-refractivity contribution in [3.63, 3.8) is 0 Å². The first-order valence-electron chi connectivity index (χ1n) is 8.13. The standard InChI is InChI=1S/C20H20ClNO5/c1-20(2,3)17-13(10-22)14(11-6-8-12(21)9-7-11)15(18(23)25-4)16(27-17)19(24)26-5/h6-9,16H,1-5H3. The molecule has 0 radical (unpaired) electrons. The van der Waals surface area contributed by atoms with Crippen molar-refractivity contribution in [1.29, 1.82) is 5.26 Å². The van der Waals surface area contributed by atoms with Gasteiger partial charge >= 0.3 is 11.9 Å². The van der Waals surface area contributed by atoms with Gasteiger partial charge in [0.1, 0.15) is 11.8 Å². The molecule has 1 aliphatic rings. The predicted octanol–water partition coefficient (Wildman–Crippen LogP) is 3.66. The lowest BCUT2D eigenvalue weighted by Gasteiger charge is -2.34. The zero-order valence-electron chi connectivity index (χ0n) is 15.8. The van der Waals surface area contributed by atoms with Crippen molar-refractivity contribution >= 4 is 29.1 Å². The third-order valence-electron chi connectivity index (χ3n) is 3.99. The number of nitrogens with zero attached hydrogens (tertiary/aromatic N) is 1. The molecule has 0 amide bonds. The Morgan fingerprint density at radius 3 is 2.19 bits per heavy atom. The molecule has 6 nitrogen and oxygen atoms in total. The molecule has 0 aliphatic carbocycles. The van der Waals surface area contributed by atoms with Crippen molar-refractivity contribution in [2.24, 2.45) is 5.41 Å². The van der Waals surface area contributed by atoms with E-state index in [2.05, 4.69) is 6.07 Å². The largest absolute Gasteiger partial charge is 0.476 e. The average Bonchev–Trinajstić information content (AvgIpc) is 2.64. The van der Waals surface area contributed by atoms with Crippen molar-refractivity contribution < 1.29 is 23.8 Å². The molecule has 1 unspecified atom stereocenters. The van der Waals surface area contributed by atoms with E-state index < -0.39 is 23.5 Å². The smallest absolute Gasteiger partial charge is 0.352 e. The Labute approximate surface area is 163 Å². The van der Waals surface area contributed by atoms with Crippen molar-refractivity contribution in [3.05, 3.63) is 51.8 Å². The van der Waals surface area contributed by atoms with Crippen LogP contribution in [0.1, 0.15) is 26.3 Å². The van der Waals surface area contributed by atoms with Gasteiger partial charge in [-0.15, -0.1) is 0 Å². The summed E-state index contributed by atoms with van der Waals surface area (Å²) < 4.78 is 15.5. The number of halogens is 1. The van der Waals surface area contributed by atoms with Crippen molar-refractivity contribution in [3.8, 4) is 6.07 Å². The molecule has 0 aromatic heterocycles. The normalized spacial score (nSPS) is 17.1. The van der Waals surface area contributed by atoms with Gasteiger partial charge in [-0.1, -0.05) is 44.5 Å². The zero-order chi connectivity index (χ0) is 20.4. The van der Waals surface area contributed by atoms with Gasteiger partial charge in [0.25, 0.3) is 0 Å². The highest BCUT2D eigenvalue weighted by Crippen LogP contribution is 2.43. The summed E-state index contributed by atoms with van der Waals surface area (Å²) in [5, 5.41) is 10.3. The molecule has 142 valence electrons. The molecule has 0 saturated carbocycles. The first kappa shape index (κ1) is 20.5. The fraction of sp³-hybridized carbons (Fsp3) is 0.350. The second kappa shape index (κ2) is 7.85. The number of hydrogen-bond donors (Lipinski definition) is 0. The lowest BCUT2D eigenvalue weighted by molar-refractivity contribution is -0.153. The van der Waals surface area contributed by atoms with Gasteiger partial charge in [-0.3, -0.25) is 0 Å². The number of carbonyl (C=O) groups excluding carboxylic acids is 2. The second-order valence-corrected chi connectivity index (χ2v) is 7.31. The lowest BCUT2D eigenvalue weighted by Crippen LogP contribution is -2.37. The number of methoxy groups -OCH3 is 2. The van der Waals surface area contributed by atoms with Gasteiger partial charge in [-0.25, -0.2) is 9.59 Å². The van der Waals surface area contributed by atoms with Crippen molar-refractivity contribution in [2.45, 2.75) is 26.9 Å². The average molecular weight is 390 g/mol. The van der Waals surface area contributed by atoms with Crippen LogP contribution in [0.3, 0.4) is 0 Å². The Morgan fingerprint density at radius 1 is 1.15 bits per heavy atom. The van der Waals surface area contributed by atoms with E-state index in [0.29, 0.717) is 10.6 Å². The SMILES string of the molecule is COC(=O)C1=C(c2ccc(Cl)cc2)C(C#N)=C(C(C)(C)C)OC1C(=O)OC. The van der Waals surface area contributed by atoms with E-state index in [0.717, 1.165) is 0 Å². The molecule has 0 bridgehead atoms.